The molecule has 0 unspecified atom stereocenters. The number of nitrogens with zero attached hydrogens (tertiary/aromatic N) is 4. The van der Waals surface area contributed by atoms with Gasteiger partial charge in [0.15, 0.2) is 0 Å². The molecule has 1 aromatic heterocycles. The lowest BCUT2D eigenvalue weighted by Crippen LogP contribution is -2.62. The standard InChI is InChI=1S/C12H20N8O2S/c1-17-11(21)18(2)14-9(13-17)7-5-6-8(23-7)10-15-19(3)12(22)20(4)16-10/h5-6,9-10,13-16H,1-4H3. The Balaban J connectivity index is 1.73. The molecule has 2 fully saturated rings. The number of nitrogens with one attached hydrogen (secondary N) is 4. The highest BCUT2D eigenvalue weighted by Gasteiger charge is 2.31. The predicted octanol–water partition coefficient (Wildman–Crippen LogP) is -0.242. The highest BCUT2D eigenvalue weighted by molar-refractivity contribution is 7.12. The number of hydrogen-bond acceptors (Lipinski definition) is 7. The van der Waals surface area contributed by atoms with E-state index in [0.29, 0.717) is 0 Å². The third-order valence-corrected chi connectivity index (χ3v) is 4.87. The summed E-state index contributed by atoms with van der Waals surface area (Å²) in [5, 5.41) is 5.77. The van der Waals surface area contributed by atoms with E-state index in [9.17, 15) is 9.59 Å². The van der Waals surface area contributed by atoms with Crippen molar-refractivity contribution in [1.82, 2.24) is 41.7 Å². The molecule has 0 spiro atoms. The summed E-state index contributed by atoms with van der Waals surface area (Å²) in [6.07, 6.45) is -0.385. The van der Waals surface area contributed by atoms with E-state index in [2.05, 4.69) is 21.7 Å². The smallest absolute Gasteiger partial charge is 0.260 e. The summed E-state index contributed by atoms with van der Waals surface area (Å²) in [6, 6.07) is 3.66. The van der Waals surface area contributed by atoms with Crippen LogP contribution in [0.25, 0.3) is 0 Å². The van der Waals surface area contributed by atoms with Gasteiger partial charge in [-0.05, 0) is 12.1 Å². The van der Waals surface area contributed by atoms with Crippen molar-refractivity contribution in [2.24, 2.45) is 0 Å². The van der Waals surface area contributed by atoms with E-state index in [0.717, 1.165) is 9.75 Å². The predicted molar refractivity (Wildman–Crippen MR) is 84.2 cm³/mol. The Bertz CT molecular complexity index is 543. The molecule has 2 saturated heterocycles. The van der Waals surface area contributed by atoms with Crippen LogP contribution in [0.1, 0.15) is 22.1 Å². The second-order valence-corrected chi connectivity index (χ2v) is 6.57. The van der Waals surface area contributed by atoms with Gasteiger partial charge in [0.25, 0.3) is 0 Å². The van der Waals surface area contributed by atoms with Crippen molar-refractivity contribution in [2.45, 2.75) is 12.3 Å². The molecular weight excluding hydrogens is 320 g/mol. The summed E-state index contributed by atoms with van der Waals surface area (Å²) in [6.45, 7) is 0. The molecule has 0 bridgehead atoms. The zero-order chi connectivity index (χ0) is 16.7. The van der Waals surface area contributed by atoms with E-state index in [4.69, 9.17) is 0 Å². The summed E-state index contributed by atoms with van der Waals surface area (Å²) in [4.78, 5) is 25.5. The van der Waals surface area contributed by atoms with Gasteiger partial charge in [-0.15, -0.1) is 11.3 Å². The summed E-state index contributed by atoms with van der Waals surface area (Å²) in [7, 11) is 6.73. The fraction of sp³-hybridized carbons (Fsp3) is 0.500. The second kappa shape index (κ2) is 5.94. The number of hydrogen-bond donors (Lipinski definition) is 4. The SMILES string of the molecule is CN1NC(c2ccc(C3NN(C)C(=O)N(C)N3)s2)NN(C)C1=O. The summed E-state index contributed by atoms with van der Waals surface area (Å²) in [5.74, 6) is 0. The van der Waals surface area contributed by atoms with Gasteiger partial charge in [0.2, 0.25) is 0 Å². The molecule has 0 radical (unpaired) electrons. The average molecular weight is 340 g/mol. The summed E-state index contributed by atoms with van der Waals surface area (Å²) < 4.78 is 0. The van der Waals surface area contributed by atoms with Crippen molar-refractivity contribution in [3.63, 3.8) is 0 Å². The maximum absolute atomic E-state index is 11.7. The molecule has 0 atom stereocenters. The lowest BCUT2D eigenvalue weighted by atomic mass is 10.3. The van der Waals surface area contributed by atoms with E-state index in [1.807, 2.05) is 12.1 Å². The van der Waals surface area contributed by atoms with Crippen LogP contribution in [-0.4, -0.2) is 60.3 Å². The molecule has 0 aliphatic carbocycles. The van der Waals surface area contributed by atoms with E-state index in [-0.39, 0.29) is 24.4 Å². The molecule has 10 nitrogen and oxygen atoms in total. The molecule has 1 aromatic rings. The Hall–Kier alpha value is -1.92. The number of carbonyl (C=O) groups is 2. The van der Waals surface area contributed by atoms with Crippen molar-refractivity contribution in [3.05, 3.63) is 21.9 Å². The Morgan fingerprint density at radius 3 is 1.35 bits per heavy atom. The summed E-state index contributed by atoms with van der Waals surface area (Å²) in [5.41, 5.74) is 12.3. The number of hydrazine groups is 4. The zero-order valence-corrected chi connectivity index (χ0v) is 14.1. The van der Waals surface area contributed by atoms with E-state index < -0.39 is 0 Å². The fourth-order valence-corrected chi connectivity index (χ4v) is 3.43. The molecule has 2 aliphatic rings. The van der Waals surface area contributed by atoms with Gasteiger partial charge < -0.3 is 0 Å². The van der Waals surface area contributed by atoms with Crippen LogP contribution in [0, 0.1) is 0 Å². The third-order valence-electron chi connectivity index (χ3n) is 3.66. The first kappa shape index (κ1) is 16.0. The number of thiophene rings is 1. The van der Waals surface area contributed by atoms with Crippen LogP contribution in [-0.2, 0) is 0 Å². The van der Waals surface area contributed by atoms with Gasteiger partial charge >= 0.3 is 12.1 Å². The topological polar surface area (TPSA) is 95.2 Å². The molecule has 3 rings (SSSR count). The lowest BCUT2D eigenvalue weighted by Gasteiger charge is -2.38. The molecule has 23 heavy (non-hydrogen) atoms. The maximum atomic E-state index is 11.7. The van der Waals surface area contributed by atoms with Crippen LogP contribution in [0.4, 0.5) is 9.59 Å². The van der Waals surface area contributed by atoms with Crippen molar-refractivity contribution in [2.75, 3.05) is 28.2 Å². The first-order chi connectivity index (χ1) is 10.9. The molecule has 126 valence electrons. The third kappa shape index (κ3) is 2.96. The van der Waals surface area contributed by atoms with Gasteiger partial charge in [0, 0.05) is 37.9 Å². The van der Waals surface area contributed by atoms with Crippen LogP contribution in [0.15, 0.2) is 12.1 Å². The van der Waals surface area contributed by atoms with Crippen LogP contribution < -0.4 is 21.7 Å². The highest BCUT2D eigenvalue weighted by Crippen LogP contribution is 2.28. The highest BCUT2D eigenvalue weighted by atomic mass is 32.1. The maximum Gasteiger partial charge on any atom is 0.348 e. The molecule has 0 saturated carbocycles. The fourth-order valence-electron chi connectivity index (χ4n) is 2.44. The Kier molecular flexibility index (Phi) is 4.12. The van der Waals surface area contributed by atoms with Crippen LogP contribution in [0.2, 0.25) is 0 Å². The number of amides is 4. The minimum absolute atomic E-state index is 0.157. The van der Waals surface area contributed by atoms with E-state index in [1.54, 1.807) is 39.5 Å². The van der Waals surface area contributed by atoms with Gasteiger partial charge in [0.1, 0.15) is 12.3 Å². The lowest BCUT2D eigenvalue weighted by molar-refractivity contribution is 0.0588. The van der Waals surface area contributed by atoms with Gasteiger partial charge in [-0.2, -0.15) is 0 Å². The number of rotatable bonds is 2. The first-order valence-electron chi connectivity index (χ1n) is 7.04. The van der Waals surface area contributed by atoms with Crippen LogP contribution in [0.5, 0.6) is 0 Å². The van der Waals surface area contributed by atoms with E-state index >= 15 is 0 Å². The van der Waals surface area contributed by atoms with Crippen molar-refractivity contribution in [1.29, 1.82) is 0 Å². The Morgan fingerprint density at radius 1 is 0.739 bits per heavy atom. The number of carbonyl (C=O) groups excluding carboxylic acids is 2. The minimum Gasteiger partial charge on any atom is -0.260 e. The van der Waals surface area contributed by atoms with Gasteiger partial charge in [-0.3, -0.25) is 20.0 Å². The van der Waals surface area contributed by atoms with Crippen LogP contribution >= 0.6 is 11.3 Å². The number of urea groups is 2. The Morgan fingerprint density at radius 2 is 1.04 bits per heavy atom. The Labute approximate surface area is 137 Å². The van der Waals surface area contributed by atoms with Crippen molar-refractivity contribution < 1.29 is 9.59 Å². The first-order valence-corrected chi connectivity index (χ1v) is 7.85. The average Bonchev–Trinajstić information content (AvgIpc) is 2.99. The minimum atomic E-state index is -0.192. The van der Waals surface area contributed by atoms with Gasteiger partial charge in [-0.1, -0.05) is 0 Å². The van der Waals surface area contributed by atoms with E-state index in [1.165, 1.54) is 20.0 Å². The molecule has 0 aromatic carbocycles. The summed E-state index contributed by atoms with van der Waals surface area (Å²) >= 11 is 1.58. The van der Waals surface area contributed by atoms with Gasteiger partial charge in [-0.25, -0.2) is 31.3 Å². The zero-order valence-electron chi connectivity index (χ0n) is 13.3. The largest absolute Gasteiger partial charge is 0.348 e. The molecular formula is C12H20N8O2S. The van der Waals surface area contributed by atoms with Crippen molar-refractivity contribution in [3.8, 4) is 0 Å². The molecule has 4 N–H and O–H groups in total. The normalized spacial score (nSPS) is 21.6. The molecule has 3 heterocycles. The molecule has 11 heteroatoms. The van der Waals surface area contributed by atoms with Crippen molar-refractivity contribution >= 4 is 23.4 Å². The van der Waals surface area contributed by atoms with Crippen LogP contribution in [0.3, 0.4) is 0 Å². The molecule has 2 aliphatic heterocycles. The monoisotopic (exact) mass is 340 g/mol. The van der Waals surface area contributed by atoms with Gasteiger partial charge in [0.05, 0.1) is 0 Å². The quantitative estimate of drug-likeness (QED) is 0.593. The second-order valence-electron chi connectivity index (χ2n) is 5.42. The molecule has 4 amide bonds.